The Bertz CT molecular complexity index is 367. The molecular weight excluding hydrogens is 219 g/mol. The molecule has 8 heteroatoms. The summed E-state index contributed by atoms with van der Waals surface area (Å²) in [5.41, 5.74) is -0.695. The average Bonchev–Trinajstić information content (AvgIpc) is 2.18. The topological polar surface area (TPSA) is 49.7 Å². The van der Waals surface area contributed by atoms with Gasteiger partial charge in [0.25, 0.3) is 0 Å². The highest BCUT2D eigenvalue weighted by Gasteiger charge is 2.26. The molecule has 0 unspecified atom stereocenters. The van der Waals surface area contributed by atoms with Gasteiger partial charge in [-0.15, -0.1) is 0 Å². The van der Waals surface area contributed by atoms with Gasteiger partial charge < -0.3 is 14.7 Å². The van der Waals surface area contributed by atoms with Crippen LogP contribution in [0.3, 0.4) is 0 Å². The van der Waals surface area contributed by atoms with Crippen molar-refractivity contribution in [2.45, 2.75) is 6.92 Å². The summed E-state index contributed by atoms with van der Waals surface area (Å²) in [4.78, 5) is 0. The highest BCUT2D eigenvalue weighted by atomic mass is 19.2. The van der Waals surface area contributed by atoms with Gasteiger partial charge in [0.05, 0.1) is 0 Å². The molecule has 2 N–H and O–H groups in total. The fourth-order valence-electron chi connectivity index (χ4n) is 0.967. The average molecular weight is 224 g/mol. The minimum absolute atomic E-state index is 0.695. The summed E-state index contributed by atoms with van der Waals surface area (Å²) in [6.07, 6.45) is 0. The monoisotopic (exact) mass is 224 g/mol. The Kier molecular flexibility index (Phi) is 3.20. The van der Waals surface area contributed by atoms with E-state index in [2.05, 4.69) is 4.65 Å². The molecule has 0 aliphatic heterocycles. The molecule has 0 spiro atoms. The molecule has 0 aliphatic rings. The maximum atomic E-state index is 12.9. The van der Waals surface area contributed by atoms with Crippen LogP contribution in [0.15, 0.2) is 0 Å². The van der Waals surface area contributed by atoms with E-state index >= 15 is 0 Å². The lowest BCUT2D eigenvalue weighted by Gasteiger charge is -2.11. The second-order valence-electron chi connectivity index (χ2n) is 2.65. The number of hydrogen-bond donors (Lipinski definition) is 2. The van der Waals surface area contributed by atoms with Crippen molar-refractivity contribution in [1.29, 1.82) is 0 Å². The first-order chi connectivity index (χ1) is 6.86. The third-order valence-corrected chi connectivity index (χ3v) is 1.67. The first-order valence-corrected chi connectivity index (χ1v) is 3.71. The molecule has 0 aromatic heterocycles. The van der Waals surface area contributed by atoms with E-state index in [0.29, 0.717) is 0 Å². The zero-order valence-corrected chi connectivity index (χ0v) is 7.39. The van der Waals surface area contributed by atoms with Gasteiger partial charge in [-0.25, -0.2) is 13.2 Å². The highest BCUT2D eigenvalue weighted by molar-refractivity contribution is 6.33. The van der Waals surface area contributed by atoms with E-state index in [4.69, 9.17) is 10.0 Å². The molecule has 3 nitrogen and oxygen atoms in total. The van der Waals surface area contributed by atoms with Crippen LogP contribution in [-0.2, 0) is 0 Å². The van der Waals surface area contributed by atoms with Gasteiger partial charge in [0.2, 0.25) is 11.6 Å². The molecule has 0 heterocycles. The van der Waals surface area contributed by atoms with Crippen LogP contribution < -0.4 is 4.65 Å². The van der Waals surface area contributed by atoms with Crippen LogP contribution >= 0.6 is 0 Å². The first-order valence-electron chi connectivity index (χ1n) is 3.71. The molecule has 1 aromatic rings. The van der Waals surface area contributed by atoms with Gasteiger partial charge in [-0.2, -0.15) is 4.39 Å². The fourth-order valence-corrected chi connectivity index (χ4v) is 0.967. The van der Waals surface area contributed by atoms with E-state index in [9.17, 15) is 17.6 Å². The van der Waals surface area contributed by atoms with Crippen LogP contribution in [0.1, 0.15) is 5.56 Å². The van der Waals surface area contributed by atoms with Gasteiger partial charge in [-0.05, 0) is 6.92 Å². The predicted molar refractivity (Wildman–Crippen MR) is 41.8 cm³/mol. The number of rotatable bonds is 2. The summed E-state index contributed by atoms with van der Waals surface area (Å²) in [7, 11) is -2.46. The van der Waals surface area contributed by atoms with Crippen LogP contribution in [0, 0.1) is 30.2 Å². The standard InChI is InChI=1S/C7H5BF4O3/c1-2-3(9)4(10)5(11)6(12)7(2)15-8(13)14/h13-14H,1H3. The van der Waals surface area contributed by atoms with Gasteiger partial charge in [0.15, 0.2) is 11.6 Å². The van der Waals surface area contributed by atoms with Gasteiger partial charge in [0.1, 0.15) is 5.75 Å². The van der Waals surface area contributed by atoms with Crippen molar-refractivity contribution >= 4 is 7.32 Å². The Morgan fingerprint density at radius 2 is 1.40 bits per heavy atom. The molecule has 0 saturated carbocycles. The molecule has 82 valence electrons. The Balaban J connectivity index is 3.39. The normalized spacial score (nSPS) is 10.3. The number of hydrogen-bond acceptors (Lipinski definition) is 3. The Morgan fingerprint density at radius 3 is 1.87 bits per heavy atom. The third kappa shape index (κ3) is 2.05. The van der Waals surface area contributed by atoms with Crippen molar-refractivity contribution < 1.29 is 32.3 Å². The molecular formula is C7H5BF4O3. The number of halogens is 4. The second kappa shape index (κ2) is 4.07. The fraction of sp³-hybridized carbons (Fsp3) is 0.143. The minimum atomic E-state index is -2.46. The Hall–Kier alpha value is -1.28. The summed E-state index contributed by atoms with van der Waals surface area (Å²) in [6.45, 7) is 0.901. The van der Waals surface area contributed by atoms with Crippen molar-refractivity contribution in [3.63, 3.8) is 0 Å². The first kappa shape index (κ1) is 11.8. The maximum Gasteiger partial charge on any atom is 0.707 e. The quantitative estimate of drug-likeness (QED) is 0.339. The van der Waals surface area contributed by atoms with Crippen LogP contribution in [0.5, 0.6) is 5.75 Å². The smallest absolute Gasteiger partial charge is 0.509 e. The highest BCUT2D eigenvalue weighted by Crippen LogP contribution is 2.29. The summed E-state index contributed by atoms with van der Waals surface area (Å²) < 4.78 is 55.0. The van der Waals surface area contributed by atoms with E-state index in [1.165, 1.54) is 0 Å². The molecule has 0 fully saturated rings. The SMILES string of the molecule is Cc1c(F)c(F)c(F)c(F)c1OB(O)O. The lowest BCUT2D eigenvalue weighted by molar-refractivity contribution is 0.274. The number of benzene rings is 1. The van der Waals surface area contributed by atoms with Gasteiger partial charge >= 0.3 is 7.32 Å². The van der Waals surface area contributed by atoms with Crippen molar-refractivity contribution in [2.75, 3.05) is 0 Å². The van der Waals surface area contributed by atoms with Crippen LogP contribution in [0.4, 0.5) is 17.6 Å². The molecule has 0 radical (unpaired) electrons. The Labute approximate surface area is 82.1 Å². The largest absolute Gasteiger partial charge is 0.707 e. The zero-order chi connectivity index (χ0) is 11.7. The summed E-state index contributed by atoms with van der Waals surface area (Å²) in [5.74, 6) is -8.61. The van der Waals surface area contributed by atoms with Crippen LogP contribution in [-0.4, -0.2) is 17.4 Å². The third-order valence-electron chi connectivity index (χ3n) is 1.67. The summed E-state index contributed by atoms with van der Waals surface area (Å²) in [5, 5.41) is 16.7. The summed E-state index contributed by atoms with van der Waals surface area (Å²) in [6, 6.07) is 0. The van der Waals surface area contributed by atoms with Crippen molar-refractivity contribution in [3.8, 4) is 5.75 Å². The molecule has 0 bridgehead atoms. The molecule has 0 amide bonds. The predicted octanol–water partition coefficient (Wildman–Crippen LogP) is 0.900. The molecule has 1 aromatic carbocycles. The van der Waals surface area contributed by atoms with Crippen LogP contribution in [0.2, 0.25) is 0 Å². The van der Waals surface area contributed by atoms with E-state index in [0.717, 1.165) is 6.92 Å². The van der Waals surface area contributed by atoms with E-state index in [1.807, 2.05) is 0 Å². The van der Waals surface area contributed by atoms with Gasteiger partial charge in [0, 0.05) is 5.56 Å². The lowest BCUT2D eigenvalue weighted by atomic mass is 10.1. The van der Waals surface area contributed by atoms with E-state index < -0.39 is 41.9 Å². The minimum Gasteiger partial charge on any atom is -0.509 e. The maximum absolute atomic E-state index is 12.9. The Morgan fingerprint density at radius 1 is 0.933 bits per heavy atom. The molecule has 0 saturated heterocycles. The molecule has 0 aliphatic carbocycles. The van der Waals surface area contributed by atoms with Crippen molar-refractivity contribution in [2.24, 2.45) is 0 Å². The second-order valence-corrected chi connectivity index (χ2v) is 2.65. The zero-order valence-electron chi connectivity index (χ0n) is 7.39. The lowest BCUT2D eigenvalue weighted by Crippen LogP contribution is -2.22. The van der Waals surface area contributed by atoms with Gasteiger partial charge in [-0.1, -0.05) is 0 Å². The van der Waals surface area contributed by atoms with Crippen molar-refractivity contribution in [1.82, 2.24) is 0 Å². The summed E-state index contributed by atoms with van der Waals surface area (Å²) >= 11 is 0. The van der Waals surface area contributed by atoms with Crippen molar-refractivity contribution in [3.05, 3.63) is 28.8 Å². The molecule has 0 atom stereocenters. The van der Waals surface area contributed by atoms with Gasteiger partial charge in [-0.3, -0.25) is 0 Å². The molecule has 1 rings (SSSR count). The van der Waals surface area contributed by atoms with E-state index in [1.54, 1.807) is 0 Å². The van der Waals surface area contributed by atoms with E-state index in [-0.39, 0.29) is 0 Å². The molecule has 15 heavy (non-hydrogen) atoms. The van der Waals surface area contributed by atoms with Crippen LogP contribution in [0.25, 0.3) is 0 Å².